The summed E-state index contributed by atoms with van der Waals surface area (Å²) in [6.07, 6.45) is 5.14. The molecule has 0 spiro atoms. The van der Waals surface area contributed by atoms with E-state index in [1.54, 1.807) is 0 Å². The van der Waals surface area contributed by atoms with Crippen LogP contribution in [0.3, 0.4) is 0 Å². The predicted molar refractivity (Wildman–Crippen MR) is 67.2 cm³/mol. The molecule has 0 aliphatic carbocycles. The van der Waals surface area contributed by atoms with E-state index in [9.17, 15) is 0 Å². The summed E-state index contributed by atoms with van der Waals surface area (Å²) in [4.78, 5) is 0. The number of rotatable bonds is 5. The molecule has 4 heteroatoms. The zero-order valence-corrected chi connectivity index (χ0v) is 9.94. The summed E-state index contributed by atoms with van der Waals surface area (Å²) in [5.41, 5.74) is 1.97. The van der Waals surface area contributed by atoms with E-state index in [-0.39, 0.29) is 0 Å². The lowest BCUT2D eigenvalue weighted by Gasteiger charge is -2.01. The first kappa shape index (κ1) is 12.3. The van der Waals surface area contributed by atoms with E-state index in [0.717, 1.165) is 11.1 Å². The van der Waals surface area contributed by atoms with Crippen molar-refractivity contribution in [3.05, 3.63) is 66.0 Å². The first-order chi connectivity index (χ1) is 8.88. The van der Waals surface area contributed by atoms with E-state index >= 15 is 0 Å². The van der Waals surface area contributed by atoms with Crippen LogP contribution in [0.1, 0.15) is 11.1 Å². The van der Waals surface area contributed by atoms with E-state index in [2.05, 4.69) is 5.16 Å². The molecule has 0 aliphatic rings. The van der Waals surface area contributed by atoms with E-state index < -0.39 is 0 Å². The Morgan fingerprint density at radius 3 is 2.78 bits per heavy atom. The summed E-state index contributed by atoms with van der Waals surface area (Å²) in [7, 11) is 0. The van der Waals surface area contributed by atoms with Gasteiger partial charge in [0.15, 0.2) is 12.4 Å². The molecular weight excluding hydrogens is 228 g/mol. The summed E-state index contributed by atoms with van der Waals surface area (Å²) >= 11 is 0. The van der Waals surface area contributed by atoms with E-state index in [1.165, 1.54) is 6.21 Å². The first-order valence-corrected chi connectivity index (χ1v) is 5.67. The van der Waals surface area contributed by atoms with Crippen LogP contribution in [0, 0.1) is 0 Å². The van der Waals surface area contributed by atoms with Crippen LogP contribution >= 0.6 is 0 Å². The van der Waals surface area contributed by atoms with Crippen LogP contribution in [-0.2, 0) is 18.1 Å². The minimum Gasteiger partial charge on any atom is -0.411 e. The highest BCUT2D eigenvalue weighted by atomic mass is 16.5. The van der Waals surface area contributed by atoms with Gasteiger partial charge in [0.05, 0.1) is 18.4 Å². The average molecular weight is 243 g/mol. The van der Waals surface area contributed by atoms with Gasteiger partial charge < -0.3 is 9.94 Å². The molecule has 1 aromatic heterocycles. The number of nitrogens with zero attached hydrogens (tertiary/aromatic N) is 2. The zero-order chi connectivity index (χ0) is 12.6. The molecular formula is C14H15N2O2+. The summed E-state index contributed by atoms with van der Waals surface area (Å²) in [5, 5.41) is 11.5. The third kappa shape index (κ3) is 3.68. The molecule has 0 radical (unpaired) electrons. The van der Waals surface area contributed by atoms with Crippen molar-refractivity contribution in [1.82, 2.24) is 0 Å². The second-order valence-corrected chi connectivity index (χ2v) is 3.86. The lowest BCUT2D eigenvalue weighted by Crippen LogP contribution is -2.34. The number of ether oxygens (including phenoxy) is 1. The van der Waals surface area contributed by atoms with Gasteiger partial charge in [-0.25, -0.2) is 0 Å². The molecule has 1 heterocycles. The molecule has 0 saturated heterocycles. The number of oxime groups is 1. The van der Waals surface area contributed by atoms with Crippen molar-refractivity contribution in [2.24, 2.45) is 5.16 Å². The van der Waals surface area contributed by atoms with Gasteiger partial charge >= 0.3 is 0 Å². The highest BCUT2D eigenvalue weighted by Gasteiger charge is 2.01. The minimum absolute atomic E-state index is 0.460. The Labute approximate surface area is 106 Å². The van der Waals surface area contributed by atoms with Crippen LogP contribution in [0.2, 0.25) is 0 Å². The first-order valence-electron chi connectivity index (χ1n) is 5.67. The number of hydrogen-bond acceptors (Lipinski definition) is 3. The van der Waals surface area contributed by atoms with Crippen LogP contribution in [0.5, 0.6) is 0 Å². The predicted octanol–water partition coefficient (Wildman–Crippen LogP) is 1.96. The van der Waals surface area contributed by atoms with Crippen LogP contribution in [0.15, 0.2) is 60.0 Å². The highest BCUT2D eigenvalue weighted by Crippen LogP contribution is 2.00. The highest BCUT2D eigenvalue weighted by molar-refractivity contribution is 5.77. The quantitative estimate of drug-likeness (QED) is 0.377. The molecule has 0 fully saturated rings. The molecule has 0 saturated carbocycles. The maximum absolute atomic E-state index is 8.46. The maximum atomic E-state index is 8.46. The summed E-state index contributed by atoms with van der Waals surface area (Å²) in [6, 6.07) is 13.7. The van der Waals surface area contributed by atoms with Gasteiger partial charge in [-0.1, -0.05) is 35.5 Å². The van der Waals surface area contributed by atoms with Gasteiger partial charge in [0.2, 0.25) is 0 Å². The smallest absolute Gasteiger partial charge is 0.252 e. The van der Waals surface area contributed by atoms with Crippen molar-refractivity contribution in [2.45, 2.75) is 13.3 Å². The molecule has 0 unspecified atom stereocenters. The van der Waals surface area contributed by atoms with Crippen LogP contribution in [0.25, 0.3) is 0 Å². The third-order valence-electron chi connectivity index (χ3n) is 2.44. The van der Waals surface area contributed by atoms with Gasteiger partial charge in [0, 0.05) is 6.07 Å². The standard InChI is InChI=1S/C14H14N2O2/c17-15-9-14-7-4-8-16(10-14)12-18-11-13-5-2-1-3-6-13/h1-10H,11-12H2/p+1/b15-9+. The summed E-state index contributed by atoms with van der Waals surface area (Å²) < 4.78 is 7.48. The number of benzene rings is 1. The molecule has 0 atom stereocenters. The van der Waals surface area contributed by atoms with Crippen LogP contribution < -0.4 is 4.57 Å². The number of pyridine rings is 1. The Morgan fingerprint density at radius 1 is 1.17 bits per heavy atom. The molecule has 4 nitrogen and oxygen atoms in total. The average Bonchev–Trinajstić information content (AvgIpc) is 2.41. The second-order valence-electron chi connectivity index (χ2n) is 3.86. The van der Waals surface area contributed by atoms with Crippen molar-refractivity contribution >= 4 is 6.21 Å². The fourth-order valence-electron chi connectivity index (χ4n) is 1.61. The van der Waals surface area contributed by atoms with Gasteiger partial charge in [0.25, 0.3) is 6.73 Å². The van der Waals surface area contributed by atoms with Crippen molar-refractivity contribution in [3.63, 3.8) is 0 Å². The Balaban J connectivity index is 1.88. The SMILES string of the molecule is O/N=C/c1ccc[n+](COCc2ccccc2)c1. The lowest BCUT2D eigenvalue weighted by atomic mass is 10.2. The minimum atomic E-state index is 0.460. The fourth-order valence-corrected chi connectivity index (χ4v) is 1.61. The van der Waals surface area contributed by atoms with E-state index in [0.29, 0.717) is 13.3 Å². The topological polar surface area (TPSA) is 45.7 Å². The molecule has 1 N–H and O–H groups in total. The Hall–Kier alpha value is -2.20. The molecule has 2 aromatic rings. The van der Waals surface area contributed by atoms with Gasteiger partial charge in [0.1, 0.15) is 0 Å². The van der Waals surface area contributed by atoms with Crippen LogP contribution in [-0.4, -0.2) is 11.4 Å². The van der Waals surface area contributed by atoms with Crippen molar-refractivity contribution in [2.75, 3.05) is 0 Å². The largest absolute Gasteiger partial charge is 0.411 e. The van der Waals surface area contributed by atoms with E-state index in [4.69, 9.17) is 9.94 Å². The number of aromatic nitrogens is 1. The van der Waals surface area contributed by atoms with Gasteiger partial charge in [-0.2, -0.15) is 4.57 Å². The molecule has 18 heavy (non-hydrogen) atoms. The van der Waals surface area contributed by atoms with Gasteiger partial charge in [-0.15, -0.1) is 0 Å². The van der Waals surface area contributed by atoms with Crippen molar-refractivity contribution < 1.29 is 14.5 Å². The zero-order valence-electron chi connectivity index (χ0n) is 9.94. The van der Waals surface area contributed by atoms with Crippen molar-refractivity contribution in [1.29, 1.82) is 0 Å². The van der Waals surface area contributed by atoms with Crippen molar-refractivity contribution in [3.8, 4) is 0 Å². The molecule has 0 bridgehead atoms. The summed E-state index contributed by atoms with van der Waals surface area (Å²) in [5.74, 6) is 0. The van der Waals surface area contributed by atoms with Gasteiger partial charge in [-0.3, -0.25) is 0 Å². The number of hydrogen-bond donors (Lipinski definition) is 1. The summed E-state index contributed by atoms with van der Waals surface area (Å²) in [6.45, 7) is 1.04. The Kier molecular flexibility index (Phi) is 4.44. The molecule has 0 amide bonds. The molecule has 2 rings (SSSR count). The molecule has 92 valence electrons. The molecule has 0 aliphatic heterocycles. The monoisotopic (exact) mass is 243 g/mol. The maximum Gasteiger partial charge on any atom is 0.252 e. The fraction of sp³-hybridized carbons (Fsp3) is 0.143. The Bertz CT molecular complexity index is 512. The lowest BCUT2D eigenvalue weighted by molar-refractivity contribution is -0.733. The second kappa shape index (κ2) is 6.51. The molecule has 1 aromatic carbocycles. The normalized spacial score (nSPS) is 10.9. The van der Waals surface area contributed by atoms with E-state index in [1.807, 2.05) is 59.4 Å². The Morgan fingerprint density at radius 2 is 2.00 bits per heavy atom. The van der Waals surface area contributed by atoms with Gasteiger partial charge in [-0.05, 0) is 11.6 Å². The van der Waals surface area contributed by atoms with Crippen LogP contribution in [0.4, 0.5) is 0 Å². The third-order valence-corrected chi connectivity index (χ3v) is 2.44.